The summed E-state index contributed by atoms with van der Waals surface area (Å²) in [4.78, 5) is 23.1. The number of rotatable bonds is 4. The van der Waals surface area contributed by atoms with Crippen LogP contribution in [0.2, 0.25) is 0 Å². The predicted octanol–water partition coefficient (Wildman–Crippen LogP) is 1.25. The molecule has 0 radical (unpaired) electrons. The molecular formula is C16H25N5OS. The molecule has 0 bridgehead atoms. The second-order valence-electron chi connectivity index (χ2n) is 6.39. The molecule has 1 aromatic heterocycles. The number of piperidine rings is 1. The number of aliphatic imine (C=N–C) groups is 1. The summed E-state index contributed by atoms with van der Waals surface area (Å²) in [5.41, 5.74) is 0.0980. The monoisotopic (exact) mass is 335 g/mol. The van der Waals surface area contributed by atoms with E-state index in [1.807, 2.05) is 11.6 Å². The number of aromatic nitrogens is 1. The van der Waals surface area contributed by atoms with Crippen LogP contribution < -0.4 is 10.6 Å². The van der Waals surface area contributed by atoms with Gasteiger partial charge in [0.1, 0.15) is 0 Å². The van der Waals surface area contributed by atoms with Gasteiger partial charge in [-0.1, -0.05) is 0 Å². The summed E-state index contributed by atoms with van der Waals surface area (Å²) >= 11 is 1.68. The Bertz CT molecular complexity index is 559. The molecule has 0 aromatic carbocycles. The second-order valence-corrected chi connectivity index (χ2v) is 7.37. The van der Waals surface area contributed by atoms with Crippen molar-refractivity contribution in [2.75, 3.05) is 32.7 Å². The van der Waals surface area contributed by atoms with E-state index >= 15 is 0 Å². The normalized spacial score (nSPS) is 25.0. The van der Waals surface area contributed by atoms with Crippen LogP contribution in [0.4, 0.5) is 0 Å². The molecule has 1 aromatic rings. The molecule has 1 spiro atoms. The number of hydrogen-bond donors (Lipinski definition) is 2. The van der Waals surface area contributed by atoms with E-state index in [1.54, 1.807) is 11.3 Å². The summed E-state index contributed by atoms with van der Waals surface area (Å²) in [5, 5.41) is 9.54. The van der Waals surface area contributed by atoms with Crippen LogP contribution in [-0.4, -0.2) is 54.5 Å². The Hall–Kier alpha value is -1.63. The Morgan fingerprint density at radius 2 is 2.52 bits per heavy atom. The highest BCUT2D eigenvalue weighted by Gasteiger charge is 2.42. The number of nitrogens with one attached hydrogen (secondary N) is 2. The molecule has 3 rings (SSSR count). The van der Waals surface area contributed by atoms with Gasteiger partial charge in [-0.2, -0.15) is 0 Å². The van der Waals surface area contributed by atoms with Crippen LogP contribution in [0.3, 0.4) is 0 Å². The molecule has 0 saturated carbocycles. The molecule has 2 aliphatic heterocycles. The molecule has 23 heavy (non-hydrogen) atoms. The summed E-state index contributed by atoms with van der Waals surface area (Å²) in [6, 6.07) is 0. The molecule has 126 valence electrons. The summed E-state index contributed by atoms with van der Waals surface area (Å²) in [6.07, 6.45) is 5.62. The van der Waals surface area contributed by atoms with Crippen LogP contribution in [0.1, 0.15) is 31.2 Å². The number of thiazole rings is 1. The number of hydrogen-bond acceptors (Lipinski definition) is 4. The van der Waals surface area contributed by atoms with E-state index in [9.17, 15) is 4.79 Å². The Labute approximate surface area is 141 Å². The van der Waals surface area contributed by atoms with Gasteiger partial charge in [-0.3, -0.25) is 9.79 Å². The Morgan fingerprint density at radius 3 is 3.22 bits per heavy atom. The molecule has 2 N–H and O–H groups in total. The predicted molar refractivity (Wildman–Crippen MR) is 92.7 cm³/mol. The quantitative estimate of drug-likeness (QED) is 0.642. The number of guanidine groups is 1. The highest BCUT2D eigenvalue weighted by Crippen LogP contribution is 2.35. The Kier molecular flexibility index (Phi) is 5.15. The minimum absolute atomic E-state index is 0.0980. The van der Waals surface area contributed by atoms with E-state index in [1.165, 1.54) is 0 Å². The molecule has 6 nitrogen and oxygen atoms in total. The smallest absolute Gasteiger partial charge is 0.220 e. The molecule has 1 amide bonds. The maximum absolute atomic E-state index is 11.6. The van der Waals surface area contributed by atoms with Crippen molar-refractivity contribution in [3.05, 3.63) is 16.6 Å². The van der Waals surface area contributed by atoms with Crippen molar-refractivity contribution < 1.29 is 4.79 Å². The van der Waals surface area contributed by atoms with E-state index in [0.717, 1.165) is 63.0 Å². The third-order valence-electron chi connectivity index (χ3n) is 4.56. The van der Waals surface area contributed by atoms with E-state index in [0.29, 0.717) is 6.42 Å². The van der Waals surface area contributed by atoms with E-state index in [2.05, 4.69) is 27.4 Å². The maximum atomic E-state index is 11.6. The molecule has 1 atom stereocenters. The van der Waals surface area contributed by atoms with Gasteiger partial charge < -0.3 is 15.5 Å². The van der Waals surface area contributed by atoms with Gasteiger partial charge in [0.15, 0.2) is 5.96 Å². The zero-order chi connectivity index (χ0) is 16.1. The van der Waals surface area contributed by atoms with Crippen molar-refractivity contribution in [1.82, 2.24) is 20.5 Å². The fourth-order valence-electron chi connectivity index (χ4n) is 3.49. The molecule has 0 aliphatic carbocycles. The van der Waals surface area contributed by atoms with Crippen molar-refractivity contribution in [3.63, 3.8) is 0 Å². The van der Waals surface area contributed by atoms with Crippen molar-refractivity contribution in [2.45, 2.75) is 32.6 Å². The van der Waals surface area contributed by atoms with Gasteiger partial charge in [0, 0.05) is 62.6 Å². The number of amides is 1. The molecule has 2 fully saturated rings. The summed E-state index contributed by atoms with van der Waals surface area (Å²) in [5.74, 6) is 1.17. The lowest BCUT2D eigenvalue weighted by atomic mass is 9.79. The zero-order valence-electron chi connectivity index (χ0n) is 13.7. The topological polar surface area (TPSA) is 69.6 Å². The first kappa shape index (κ1) is 16.2. The van der Waals surface area contributed by atoms with Gasteiger partial charge >= 0.3 is 0 Å². The highest BCUT2D eigenvalue weighted by atomic mass is 32.1. The molecule has 3 heterocycles. The minimum Gasteiger partial charge on any atom is -0.357 e. The fourth-order valence-corrected chi connectivity index (χ4v) is 4.10. The SMILES string of the molecule is CCNC(=NCCc1nccs1)N1CCCC2(CNC(=O)C2)C1. The minimum atomic E-state index is 0.0980. The summed E-state index contributed by atoms with van der Waals surface area (Å²) < 4.78 is 0. The number of carbonyl (C=O) groups excluding carboxylic acids is 1. The van der Waals surface area contributed by atoms with Crippen LogP contribution in [-0.2, 0) is 11.2 Å². The Morgan fingerprint density at radius 1 is 1.61 bits per heavy atom. The zero-order valence-corrected chi connectivity index (χ0v) is 14.5. The van der Waals surface area contributed by atoms with E-state index in [-0.39, 0.29) is 11.3 Å². The van der Waals surface area contributed by atoms with Crippen LogP contribution in [0.25, 0.3) is 0 Å². The second kappa shape index (κ2) is 7.29. The van der Waals surface area contributed by atoms with Crippen molar-refractivity contribution >= 4 is 23.2 Å². The lowest BCUT2D eigenvalue weighted by Crippen LogP contribution is -2.51. The first-order chi connectivity index (χ1) is 11.2. The molecule has 2 aliphatic rings. The van der Waals surface area contributed by atoms with Gasteiger partial charge in [0.25, 0.3) is 0 Å². The molecule has 2 saturated heterocycles. The standard InChI is InChI=1S/C16H25N5OS/c1-2-17-15(19-6-4-14-18-7-9-23-14)21-8-3-5-16(12-21)10-13(22)20-11-16/h7,9H,2-6,8,10-12H2,1H3,(H,17,19)(H,20,22). The summed E-state index contributed by atoms with van der Waals surface area (Å²) in [7, 11) is 0. The van der Waals surface area contributed by atoms with Crippen molar-refractivity contribution in [1.29, 1.82) is 0 Å². The van der Waals surface area contributed by atoms with Gasteiger partial charge in [-0.15, -0.1) is 11.3 Å². The number of carbonyl (C=O) groups is 1. The van der Waals surface area contributed by atoms with Crippen LogP contribution in [0.5, 0.6) is 0 Å². The van der Waals surface area contributed by atoms with Crippen molar-refractivity contribution in [3.8, 4) is 0 Å². The molecule has 1 unspecified atom stereocenters. The van der Waals surface area contributed by atoms with Gasteiger partial charge in [-0.25, -0.2) is 4.98 Å². The van der Waals surface area contributed by atoms with Crippen LogP contribution in [0.15, 0.2) is 16.6 Å². The third kappa shape index (κ3) is 4.02. The van der Waals surface area contributed by atoms with Crippen LogP contribution >= 0.6 is 11.3 Å². The fraction of sp³-hybridized carbons (Fsp3) is 0.688. The molecular weight excluding hydrogens is 310 g/mol. The van der Waals surface area contributed by atoms with E-state index < -0.39 is 0 Å². The first-order valence-corrected chi connectivity index (χ1v) is 9.27. The van der Waals surface area contributed by atoms with Gasteiger partial charge in [-0.05, 0) is 19.8 Å². The average Bonchev–Trinajstić information content (AvgIpc) is 3.17. The van der Waals surface area contributed by atoms with Crippen molar-refractivity contribution in [2.24, 2.45) is 10.4 Å². The highest BCUT2D eigenvalue weighted by molar-refractivity contribution is 7.09. The van der Waals surface area contributed by atoms with E-state index in [4.69, 9.17) is 4.99 Å². The van der Waals surface area contributed by atoms with Gasteiger partial charge in [0.05, 0.1) is 5.01 Å². The molecule has 7 heteroatoms. The summed E-state index contributed by atoms with van der Waals surface area (Å²) in [6.45, 7) is 6.43. The lowest BCUT2D eigenvalue weighted by molar-refractivity contribution is -0.119. The number of nitrogens with zero attached hydrogens (tertiary/aromatic N) is 3. The first-order valence-electron chi connectivity index (χ1n) is 8.39. The third-order valence-corrected chi connectivity index (χ3v) is 5.40. The number of likely N-dealkylation sites (tertiary alicyclic amines) is 1. The van der Waals surface area contributed by atoms with Crippen LogP contribution in [0, 0.1) is 5.41 Å². The van der Waals surface area contributed by atoms with Gasteiger partial charge in [0.2, 0.25) is 5.91 Å². The average molecular weight is 335 g/mol. The Balaban J connectivity index is 1.63. The lowest BCUT2D eigenvalue weighted by Gasteiger charge is -2.40. The largest absolute Gasteiger partial charge is 0.357 e. The maximum Gasteiger partial charge on any atom is 0.220 e.